The largest absolute Gasteiger partial charge is 0.491 e. The Morgan fingerprint density at radius 2 is 1.31 bits per heavy atom. The first-order valence-electron chi connectivity index (χ1n) is 10.7. The van der Waals surface area contributed by atoms with Gasteiger partial charge in [-0.05, 0) is 51.6 Å². The zero-order chi connectivity index (χ0) is 21.8. The summed E-state index contributed by atoms with van der Waals surface area (Å²) < 4.78 is 22.0. The number of ether oxygens (including phenoxy) is 4. The van der Waals surface area contributed by atoms with Gasteiger partial charge in [0.15, 0.2) is 0 Å². The first-order chi connectivity index (χ1) is 14.0. The minimum absolute atomic E-state index is 0.00929. The van der Waals surface area contributed by atoms with Crippen molar-refractivity contribution in [1.82, 2.24) is 5.32 Å². The van der Waals surface area contributed by atoms with E-state index in [4.69, 9.17) is 18.9 Å². The van der Waals surface area contributed by atoms with Gasteiger partial charge in [0.05, 0.1) is 39.6 Å². The molecule has 0 unspecified atom stereocenters. The highest BCUT2D eigenvalue weighted by Gasteiger charge is 2.03. The van der Waals surface area contributed by atoms with Crippen LogP contribution in [0.1, 0.15) is 47.1 Å². The Morgan fingerprint density at radius 3 is 1.83 bits per heavy atom. The van der Waals surface area contributed by atoms with Crippen LogP contribution in [0.25, 0.3) is 0 Å². The van der Waals surface area contributed by atoms with Crippen LogP contribution in [0.4, 0.5) is 0 Å². The third kappa shape index (κ3) is 18.2. The number of hydrogen-bond acceptors (Lipinski definition) is 5. The van der Waals surface area contributed by atoms with Crippen molar-refractivity contribution in [3.8, 4) is 17.6 Å². The average molecular weight is 408 g/mol. The molecule has 1 N–H and O–H groups in total. The van der Waals surface area contributed by atoms with Crippen molar-refractivity contribution in [2.45, 2.75) is 41.5 Å². The summed E-state index contributed by atoms with van der Waals surface area (Å²) in [6, 6.07) is 7.82. The highest BCUT2D eigenvalue weighted by atomic mass is 16.6. The lowest BCUT2D eigenvalue weighted by atomic mass is 9.97. The summed E-state index contributed by atoms with van der Waals surface area (Å²) >= 11 is 0. The van der Waals surface area contributed by atoms with Gasteiger partial charge in [0.25, 0.3) is 0 Å². The van der Waals surface area contributed by atoms with Gasteiger partial charge in [0.1, 0.15) is 12.4 Å². The van der Waals surface area contributed by atoms with Crippen LogP contribution >= 0.6 is 0 Å². The molecule has 1 aromatic rings. The molecule has 29 heavy (non-hydrogen) atoms. The maximum atomic E-state index is 5.66. The fourth-order valence-corrected chi connectivity index (χ4v) is 1.98. The molecule has 0 saturated carbocycles. The Hall–Kier alpha value is -1.58. The second-order valence-electron chi connectivity index (χ2n) is 7.06. The number of likely N-dealkylation sites (N-methyl/N-ethyl adjacent to an activating group) is 1. The SMILES string of the molecule is CC.CCNCCOCCOCCOCCOc1ccc(C#CC(C)(C)C)cc1. The lowest BCUT2D eigenvalue weighted by Gasteiger charge is -2.09. The highest BCUT2D eigenvalue weighted by molar-refractivity contribution is 5.38. The second kappa shape index (κ2) is 18.4. The molecule has 1 aromatic carbocycles. The normalized spacial score (nSPS) is 10.6. The molecule has 0 radical (unpaired) electrons. The third-order valence-electron chi connectivity index (χ3n) is 3.35. The second-order valence-corrected chi connectivity index (χ2v) is 7.06. The van der Waals surface area contributed by atoms with E-state index in [-0.39, 0.29) is 5.41 Å². The van der Waals surface area contributed by atoms with Crippen LogP contribution in [0.3, 0.4) is 0 Å². The molecule has 5 heteroatoms. The van der Waals surface area contributed by atoms with E-state index in [2.05, 4.69) is 44.9 Å². The molecule has 0 amide bonds. The zero-order valence-electron chi connectivity index (χ0n) is 19.3. The fraction of sp³-hybridized carbons (Fsp3) is 0.667. The summed E-state index contributed by atoms with van der Waals surface area (Å²) in [7, 11) is 0. The summed E-state index contributed by atoms with van der Waals surface area (Å²) in [5.41, 5.74) is 1.01. The standard InChI is InChI=1S/C22H35NO4.C2H6/c1-5-23-12-13-24-14-15-25-16-17-26-18-19-27-21-8-6-20(7-9-21)10-11-22(2,3)4;1-2/h6-9,23H,5,12-19H2,1-4H3;1-2H3. The fourth-order valence-electron chi connectivity index (χ4n) is 1.98. The lowest BCUT2D eigenvalue weighted by Crippen LogP contribution is -2.20. The Labute approximate surface area is 178 Å². The molecule has 0 fully saturated rings. The van der Waals surface area contributed by atoms with Crippen molar-refractivity contribution in [1.29, 1.82) is 0 Å². The van der Waals surface area contributed by atoms with Gasteiger partial charge in [0.2, 0.25) is 0 Å². The van der Waals surface area contributed by atoms with Crippen LogP contribution in [-0.4, -0.2) is 59.3 Å². The molecule has 0 atom stereocenters. The average Bonchev–Trinajstić information content (AvgIpc) is 2.72. The molecule has 0 aliphatic carbocycles. The number of rotatable bonds is 14. The Kier molecular flexibility index (Phi) is 17.4. The van der Waals surface area contributed by atoms with Gasteiger partial charge in [-0.25, -0.2) is 0 Å². The van der Waals surface area contributed by atoms with Gasteiger partial charge in [-0.15, -0.1) is 0 Å². The third-order valence-corrected chi connectivity index (χ3v) is 3.35. The van der Waals surface area contributed by atoms with Crippen molar-refractivity contribution in [3.63, 3.8) is 0 Å². The smallest absolute Gasteiger partial charge is 0.119 e. The van der Waals surface area contributed by atoms with E-state index in [0.29, 0.717) is 39.6 Å². The summed E-state index contributed by atoms with van der Waals surface area (Å²) in [6.07, 6.45) is 0. The van der Waals surface area contributed by atoms with E-state index >= 15 is 0 Å². The Morgan fingerprint density at radius 1 is 0.793 bits per heavy atom. The van der Waals surface area contributed by atoms with Gasteiger partial charge in [-0.2, -0.15) is 0 Å². The van der Waals surface area contributed by atoms with Crippen molar-refractivity contribution in [3.05, 3.63) is 29.8 Å². The number of nitrogens with one attached hydrogen (secondary N) is 1. The molecular formula is C24H41NO4. The predicted molar refractivity (Wildman–Crippen MR) is 121 cm³/mol. The molecule has 0 heterocycles. The Balaban J connectivity index is 0.00000379. The quantitative estimate of drug-likeness (QED) is 0.371. The van der Waals surface area contributed by atoms with Crippen molar-refractivity contribution in [2.24, 2.45) is 5.41 Å². The molecule has 0 bridgehead atoms. The summed E-state index contributed by atoms with van der Waals surface area (Å²) in [5, 5.41) is 3.20. The van der Waals surface area contributed by atoms with Crippen LogP contribution in [-0.2, 0) is 14.2 Å². The molecular weight excluding hydrogens is 366 g/mol. The lowest BCUT2D eigenvalue weighted by molar-refractivity contribution is 0.00989. The van der Waals surface area contributed by atoms with Gasteiger partial charge in [0, 0.05) is 17.5 Å². The van der Waals surface area contributed by atoms with Gasteiger partial charge in [-0.1, -0.05) is 32.6 Å². The van der Waals surface area contributed by atoms with E-state index < -0.39 is 0 Å². The molecule has 0 spiro atoms. The highest BCUT2D eigenvalue weighted by Crippen LogP contribution is 2.13. The van der Waals surface area contributed by atoms with Crippen LogP contribution in [0.5, 0.6) is 5.75 Å². The van der Waals surface area contributed by atoms with Gasteiger partial charge < -0.3 is 24.3 Å². The predicted octanol–water partition coefficient (Wildman–Crippen LogP) is 4.15. The summed E-state index contributed by atoms with van der Waals surface area (Å²) in [4.78, 5) is 0. The van der Waals surface area contributed by atoms with Crippen molar-refractivity contribution < 1.29 is 18.9 Å². The van der Waals surface area contributed by atoms with Crippen molar-refractivity contribution >= 4 is 0 Å². The number of benzene rings is 1. The maximum Gasteiger partial charge on any atom is 0.119 e. The molecule has 5 nitrogen and oxygen atoms in total. The van der Waals surface area contributed by atoms with Crippen LogP contribution < -0.4 is 10.1 Å². The topological polar surface area (TPSA) is 49.0 Å². The van der Waals surface area contributed by atoms with Gasteiger partial charge >= 0.3 is 0 Å². The van der Waals surface area contributed by atoms with E-state index in [1.165, 1.54) is 0 Å². The summed E-state index contributed by atoms with van der Waals surface area (Å²) in [5.74, 6) is 7.22. The van der Waals surface area contributed by atoms with E-state index in [1.54, 1.807) is 0 Å². The molecule has 0 aliphatic heterocycles. The molecule has 0 aliphatic rings. The monoisotopic (exact) mass is 407 g/mol. The molecule has 1 rings (SSSR count). The summed E-state index contributed by atoms with van der Waals surface area (Å²) in [6.45, 7) is 18.3. The zero-order valence-corrected chi connectivity index (χ0v) is 19.3. The minimum atomic E-state index is 0.00929. The van der Waals surface area contributed by atoms with Gasteiger partial charge in [-0.3, -0.25) is 0 Å². The molecule has 0 saturated heterocycles. The first kappa shape index (κ1) is 27.4. The van der Waals surface area contributed by atoms with Crippen LogP contribution in [0.2, 0.25) is 0 Å². The van der Waals surface area contributed by atoms with Crippen LogP contribution in [0.15, 0.2) is 24.3 Å². The minimum Gasteiger partial charge on any atom is -0.491 e. The maximum absolute atomic E-state index is 5.66. The van der Waals surface area contributed by atoms with E-state index in [0.717, 1.165) is 31.0 Å². The number of hydrogen-bond donors (Lipinski definition) is 1. The van der Waals surface area contributed by atoms with Crippen LogP contribution in [0, 0.1) is 17.3 Å². The molecule has 166 valence electrons. The van der Waals surface area contributed by atoms with E-state index in [1.807, 2.05) is 38.1 Å². The van der Waals surface area contributed by atoms with Crippen molar-refractivity contribution in [2.75, 3.05) is 59.3 Å². The Bertz CT molecular complexity index is 541. The molecule has 0 aromatic heterocycles. The van der Waals surface area contributed by atoms with E-state index in [9.17, 15) is 0 Å². The first-order valence-corrected chi connectivity index (χ1v) is 10.7.